The molecular formula is C20H20Cl2N2O3S. The number of amides is 1. The number of hydrogen-bond donors (Lipinski definition) is 2. The van der Waals surface area contributed by atoms with Gasteiger partial charge < -0.3 is 9.72 Å². The molecule has 1 aromatic heterocycles. The summed E-state index contributed by atoms with van der Waals surface area (Å²) >= 11 is 12.1. The molecule has 1 atom stereocenters. The average Bonchev–Trinajstić information content (AvgIpc) is 2.99. The molecule has 0 aliphatic heterocycles. The van der Waals surface area contributed by atoms with Gasteiger partial charge in [-0.2, -0.15) is 0 Å². The number of nitrogens with one attached hydrogen (secondary N) is 2. The zero-order chi connectivity index (χ0) is 20.3. The summed E-state index contributed by atoms with van der Waals surface area (Å²) in [6, 6.07) is 11.0. The lowest BCUT2D eigenvalue weighted by molar-refractivity contribution is 0.0978. The SMILES string of the molecule is Cc1cc(OCCCc2c(C(=O)NS(C)=O)[nH]c3cc(Cl)ccc23)ccc1Cl. The summed E-state index contributed by atoms with van der Waals surface area (Å²) in [7, 11) is -1.45. The molecule has 0 saturated heterocycles. The van der Waals surface area contributed by atoms with Gasteiger partial charge in [-0.3, -0.25) is 9.52 Å². The Hall–Kier alpha value is -2.02. The number of H-pyrrole nitrogens is 1. The molecule has 0 spiro atoms. The second-order valence-electron chi connectivity index (χ2n) is 6.42. The van der Waals surface area contributed by atoms with Crippen molar-refractivity contribution in [3.8, 4) is 5.75 Å². The summed E-state index contributed by atoms with van der Waals surface area (Å²) in [6.45, 7) is 2.41. The van der Waals surface area contributed by atoms with Crippen LogP contribution in [0.5, 0.6) is 5.75 Å². The van der Waals surface area contributed by atoms with Gasteiger partial charge in [0.25, 0.3) is 5.91 Å². The Morgan fingerprint density at radius 2 is 2.00 bits per heavy atom. The fourth-order valence-electron chi connectivity index (χ4n) is 3.01. The van der Waals surface area contributed by atoms with Gasteiger partial charge in [0, 0.05) is 27.2 Å². The van der Waals surface area contributed by atoms with E-state index >= 15 is 0 Å². The van der Waals surface area contributed by atoms with Crippen molar-refractivity contribution in [2.24, 2.45) is 0 Å². The quantitative estimate of drug-likeness (QED) is 0.519. The minimum absolute atomic E-state index is 0.398. The van der Waals surface area contributed by atoms with Crippen LogP contribution in [0.4, 0.5) is 0 Å². The summed E-state index contributed by atoms with van der Waals surface area (Å²) in [6.07, 6.45) is 2.74. The molecule has 0 radical (unpaired) electrons. The third-order valence-corrected chi connectivity index (χ3v) is 5.43. The van der Waals surface area contributed by atoms with E-state index in [2.05, 4.69) is 9.71 Å². The van der Waals surface area contributed by atoms with Crippen LogP contribution in [0.25, 0.3) is 10.9 Å². The molecule has 148 valence electrons. The van der Waals surface area contributed by atoms with Crippen LogP contribution < -0.4 is 9.46 Å². The second-order valence-corrected chi connectivity index (χ2v) is 8.37. The minimum atomic E-state index is -1.45. The van der Waals surface area contributed by atoms with E-state index in [9.17, 15) is 9.00 Å². The Bertz CT molecular complexity index is 1050. The lowest BCUT2D eigenvalue weighted by Gasteiger charge is -2.09. The van der Waals surface area contributed by atoms with Crippen molar-refractivity contribution in [1.82, 2.24) is 9.71 Å². The number of aryl methyl sites for hydroxylation is 2. The predicted octanol–water partition coefficient (Wildman–Crippen LogP) is 4.82. The van der Waals surface area contributed by atoms with E-state index in [0.29, 0.717) is 35.2 Å². The van der Waals surface area contributed by atoms with E-state index in [4.69, 9.17) is 27.9 Å². The van der Waals surface area contributed by atoms with Crippen molar-refractivity contribution in [2.45, 2.75) is 19.8 Å². The number of carbonyl (C=O) groups excluding carboxylic acids is 1. The monoisotopic (exact) mass is 438 g/mol. The van der Waals surface area contributed by atoms with Crippen LogP contribution in [-0.2, 0) is 17.4 Å². The summed E-state index contributed by atoms with van der Waals surface area (Å²) in [4.78, 5) is 15.5. The number of halogens is 2. The van der Waals surface area contributed by atoms with Crippen molar-refractivity contribution in [1.29, 1.82) is 0 Å². The number of aromatic amines is 1. The van der Waals surface area contributed by atoms with Crippen molar-refractivity contribution >= 4 is 51.0 Å². The molecule has 28 heavy (non-hydrogen) atoms. The van der Waals surface area contributed by atoms with Crippen LogP contribution in [0.3, 0.4) is 0 Å². The molecule has 0 aliphatic rings. The average molecular weight is 439 g/mol. The first kappa shape index (κ1) is 20.7. The molecule has 1 unspecified atom stereocenters. The lowest BCUT2D eigenvalue weighted by atomic mass is 10.1. The third kappa shape index (κ3) is 4.87. The third-order valence-electron chi connectivity index (χ3n) is 4.30. The molecule has 0 bridgehead atoms. The van der Waals surface area contributed by atoms with Crippen LogP contribution in [0, 0.1) is 6.92 Å². The number of fused-ring (bicyclic) bond motifs is 1. The Kier molecular flexibility index (Phi) is 6.65. The maximum absolute atomic E-state index is 12.4. The molecule has 8 heteroatoms. The Morgan fingerprint density at radius 1 is 1.21 bits per heavy atom. The highest BCUT2D eigenvalue weighted by atomic mass is 35.5. The van der Waals surface area contributed by atoms with Crippen LogP contribution in [-0.4, -0.2) is 28.0 Å². The summed E-state index contributed by atoms with van der Waals surface area (Å²) in [5.74, 6) is 0.351. The van der Waals surface area contributed by atoms with Crippen molar-refractivity contribution < 1.29 is 13.7 Å². The van der Waals surface area contributed by atoms with Gasteiger partial charge in [-0.15, -0.1) is 0 Å². The zero-order valence-corrected chi connectivity index (χ0v) is 17.8. The fourth-order valence-corrected chi connectivity index (χ4v) is 3.66. The van der Waals surface area contributed by atoms with Gasteiger partial charge in [0.05, 0.1) is 6.61 Å². The van der Waals surface area contributed by atoms with E-state index in [0.717, 1.165) is 27.8 Å². The molecule has 1 amide bonds. The van der Waals surface area contributed by atoms with Crippen molar-refractivity contribution in [3.63, 3.8) is 0 Å². The first-order chi connectivity index (χ1) is 13.3. The van der Waals surface area contributed by atoms with Crippen LogP contribution in [0.15, 0.2) is 36.4 Å². The predicted molar refractivity (Wildman–Crippen MR) is 115 cm³/mol. The number of rotatable bonds is 7. The fraction of sp³-hybridized carbons (Fsp3) is 0.250. The number of ether oxygens (including phenoxy) is 1. The van der Waals surface area contributed by atoms with Gasteiger partial charge in [0.15, 0.2) is 0 Å². The smallest absolute Gasteiger partial charge is 0.279 e. The molecule has 0 aliphatic carbocycles. The lowest BCUT2D eigenvalue weighted by Crippen LogP contribution is -2.26. The standard InChI is InChI=1S/C20H20Cl2N2O3S/c1-12-10-14(6-8-17(12)22)27-9-3-4-16-15-7-5-13(21)11-18(15)23-19(16)20(25)24-28(2)26/h5-8,10-11,23H,3-4,9H2,1-2H3,(H,24,25). The van der Waals surface area contributed by atoms with Gasteiger partial charge in [-0.05, 0) is 61.2 Å². The van der Waals surface area contributed by atoms with Crippen LogP contribution in [0.2, 0.25) is 10.0 Å². The van der Waals surface area contributed by atoms with E-state index in [-0.39, 0.29) is 0 Å². The number of carbonyl (C=O) groups is 1. The normalized spacial score (nSPS) is 12.1. The Morgan fingerprint density at radius 3 is 2.71 bits per heavy atom. The largest absolute Gasteiger partial charge is 0.494 e. The molecule has 2 N–H and O–H groups in total. The molecule has 0 saturated carbocycles. The molecule has 5 nitrogen and oxygen atoms in total. The van der Waals surface area contributed by atoms with Gasteiger partial charge in [-0.25, -0.2) is 4.21 Å². The summed E-state index contributed by atoms with van der Waals surface area (Å²) < 4.78 is 19.6. The highest BCUT2D eigenvalue weighted by Gasteiger charge is 2.18. The molecule has 2 aromatic carbocycles. The molecule has 3 aromatic rings. The first-order valence-electron chi connectivity index (χ1n) is 8.68. The van der Waals surface area contributed by atoms with Gasteiger partial charge in [0.1, 0.15) is 22.4 Å². The van der Waals surface area contributed by atoms with Crippen LogP contribution >= 0.6 is 23.2 Å². The van der Waals surface area contributed by atoms with Crippen molar-refractivity contribution in [3.05, 3.63) is 63.3 Å². The molecule has 1 heterocycles. The van der Waals surface area contributed by atoms with Crippen LogP contribution in [0.1, 0.15) is 28.0 Å². The number of benzene rings is 2. The minimum Gasteiger partial charge on any atom is -0.494 e. The van der Waals surface area contributed by atoms with E-state index in [1.165, 1.54) is 6.26 Å². The highest BCUT2D eigenvalue weighted by molar-refractivity contribution is 7.82. The first-order valence-corrected chi connectivity index (χ1v) is 11.0. The van der Waals surface area contributed by atoms with Crippen molar-refractivity contribution in [2.75, 3.05) is 12.9 Å². The zero-order valence-electron chi connectivity index (χ0n) is 15.5. The molecule has 3 rings (SSSR count). The maximum Gasteiger partial charge on any atom is 0.279 e. The summed E-state index contributed by atoms with van der Waals surface area (Å²) in [5.41, 5.74) is 2.98. The maximum atomic E-state index is 12.4. The van der Waals surface area contributed by atoms with Gasteiger partial charge in [0.2, 0.25) is 0 Å². The van der Waals surface area contributed by atoms with E-state index < -0.39 is 16.9 Å². The van der Waals surface area contributed by atoms with Gasteiger partial charge in [-0.1, -0.05) is 29.3 Å². The topological polar surface area (TPSA) is 71.2 Å². The Labute approximate surface area is 176 Å². The number of hydrogen-bond acceptors (Lipinski definition) is 3. The van der Waals surface area contributed by atoms with E-state index in [1.54, 1.807) is 12.1 Å². The number of aromatic nitrogens is 1. The van der Waals surface area contributed by atoms with Gasteiger partial charge >= 0.3 is 0 Å². The molecule has 0 fully saturated rings. The highest BCUT2D eigenvalue weighted by Crippen LogP contribution is 2.27. The van der Waals surface area contributed by atoms with E-state index in [1.807, 2.05) is 31.2 Å². The summed E-state index contributed by atoms with van der Waals surface area (Å²) in [5, 5.41) is 2.19. The second kappa shape index (κ2) is 8.99. The Balaban J connectivity index is 1.75. The molecular weight excluding hydrogens is 419 g/mol.